The van der Waals surface area contributed by atoms with Gasteiger partial charge in [-0.1, -0.05) is 53.3 Å². The first kappa shape index (κ1) is 16.3. The molecule has 2 aromatic carbocycles. The van der Waals surface area contributed by atoms with Crippen molar-refractivity contribution in [2.24, 2.45) is 0 Å². The first-order valence-electron chi connectivity index (χ1n) is 8.09. The smallest absolute Gasteiger partial charge is 0.249 e. The monoisotopic (exact) mass is 364 g/mol. The predicted octanol–water partition coefficient (Wildman–Crippen LogP) is 3.21. The maximum absolute atomic E-state index is 12.3. The fourth-order valence-corrected chi connectivity index (χ4v) is 3.52. The molecule has 0 aliphatic carbocycles. The van der Waals surface area contributed by atoms with Crippen molar-refractivity contribution in [2.75, 3.05) is 5.32 Å². The van der Waals surface area contributed by atoms with Gasteiger partial charge in [-0.25, -0.2) is 4.98 Å². The van der Waals surface area contributed by atoms with E-state index in [1.807, 2.05) is 56.3 Å². The third kappa shape index (κ3) is 3.31. The molecule has 0 bridgehead atoms. The Hall–Kier alpha value is -3.13. The fraction of sp³-hybridized carbons (Fsp3) is 0.167. The van der Waals surface area contributed by atoms with Crippen LogP contribution < -0.4 is 5.32 Å². The highest BCUT2D eigenvalue weighted by Gasteiger charge is 2.12. The van der Waals surface area contributed by atoms with Crippen LogP contribution in [-0.2, 0) is 11.3 Å². The van der Waals surface area contributed by atoms with Crippen LogP contribution in [0.25, 0.3) is 21.6 Å². The minimum Gasteiger partial charge on any atom is -0.300 e. The summed E-state index contributed by atoms with van der Waals surface area (Å²) in [6.45, 7) is 4.00. The van der Waals surface area contributed by atoms with E-state index >= 15 is 0 Å². The first-order valence-corrected chi connectivity index (χ1v) is 8.91. The number of amides is 1. The van der Waals surface area contributed by atoms with Crippen molar-refractivity contribution >= 4 is 32.6 Å². The lowest BCUT2D eigenvalue weighted by molar-refractivity contribution is -0.117. The zero-order chi connectivity index (χ0) is 18.1. The van der Waals surface area contributed by atoms with Crippen molar-refractivity contribution in [3.8, 4) is 11.4 Å². The number of aryl methyl sites for hydroxylation is 2. The highest BCUT2D eigenvalue weighted by atomic mass is 32.1. The summed E-state index contributed by atoms with van der Waals surface area (Å²) in [7, 11) is 0. The number of carbonyl (C=O) groups is 1. The maximum Gasteiger partial charge on any atom is 0.249 e. The average molecular weight is 364 g/mol. The number of carbonyl (C=O) groups excluding carboxylic acids is 1. The third-order valence-corrected chi connectivity index (χ3v) is 4.85. The number of anilines is 1. The molecule has 4 aromatic rings. The minimum atomic E-state index is -0.241. The van der Waals surface area contributed by atoms with Gasteiger partial charge in [0.1, 0.15) is 6.54 Å². The van der Waals surface area contributed by atoms with Gasteiger partial charge in [-0.3, -0.25) is 4.79 Å². The Morgan fingerprint density at radius 2 is 1.96 bits per heavy atom. The number of rotatable bonds is 4. The molecule has 2 heterocycles. The highest BCUT2D eigenvalue weighted by molar-refractivity contribution is 7.22. The molecule has 4 rings (SSSR count). The summed E-state index contributed by atoms with van der Waals surface area (Å²) in [5, 5.41) is 15.6. The van der Waals surface area contributed by atoms with E-state index in [-0.39, 0.29) is 12.5 Å². The second-order valence-electron chi connectivity index (χ2n) is 6.00. The van der Waals surface area contributed by atoms with E-state index in [0.29, 0.717) is 11.0 Å². The van der Waals surface area contributed by atoms with Crippen LogP contribution in [0, 0.1) is 13.8 Å². The van der Waals surface area contributed by atoms with Gasteiger partial charge in [0.25, 0.3) is 0 Å². The van der Waals surface area contributed by atoms with Crippen LogP contribution in [0.5, 0.6) is 0 Å². The molecule has 130 valence electrons. The Bertz CT molecular complexity index is 1080. The number of para-hydroxylation sites is 1. The van der Waals surface area contributed by atoms with Crippen molar-refractivity contribution in [3.63, 3.8) is 0 Å². The van der Waals surface area contributed by atoms with Crippen LogP contribution in [0.4, 0.5) is 5.13 Å². The normalized spacial score (nSPS) is 11.0. The molecule has 2 aromatic heterocycles. The molecule has 7 nitrogen and oxygen atoms in total. The molecule has 0 spiro atoms. The molecule has 8 heteroatoms. The van der Waals surface area contributed by atoms with Crippen molar-refractivity contribution < 1.29 is 4.79 Å². The maximum atomic E-state index is 12.3. The summed E-state index contributed by atoms with van der Waals surface area (Å²) in [6, 6.07) is 13.8. The molecular formula is C18H16N6OS. The second-order valence-corrected chi connectivity index (χ2v) is 7.03. The fourth-order valence-electron chi connectivity index (χ4n) is 2.56. The van der Waals surface area contributed by atoms with E-state index in [0.717, 1.165) is 26.9 Å². The van der Waals surface area contributed by atoms with Gasteiger partial charge < -0.3 is 5.32 Å². The van der Waals surface area contributed by atoms with Crippen molar-refractivity contribution in [1.82, 2.24) is 25.2 Å². The minimum absolute atomic E-state index is 0.0201. The number of nitrogens with zero attached hydrogens (tertiary/aromatic N) is 5. The number of hydrogen-bond acceptors (Lipinski definition) is 6. The number of hydrogen-bond donors (Lipinski definition) is 1. The van der Waals surface area contributed by atoms with Crippen molar-refractivity contribution in [1.29, 1.82) is 0 Å². The Balaban J connectivity index is 1.46. The average Bonchev–Trinajstić information content (AvgIpc) is 3.23. The van der Waals surface area contributed by atoms with E-state index in [1.54, 1.807) is 0 Å². The van der Waals surface area contributed by atoms with E-state index in [1.165, 1.54) is 16.1 Å². The highest BCUT2D eigenvalue weighted by Crippen LogP contribution is 2.27. The predicted molar refractivity (Wildman–Crippen MR) is 101 cm³/mol. The zero-order valence-corrected chi connectivity index (χ0v) is 15.1. The summed E-state index contributed by atoms with van der Waals surface area (Å²) in [6.07, 6.45) is 0. The van der Waals surface area contributed by atoms with Gasteiger partial charge in [0.05, 0.1) is 10.2 Å². The van der Waals surface area contributed by atoms with Crippen molar-refractivity contribution in [2.45, 2.75) is 20.4 Å². The van der Waals surface area contributed by atoms with E-state index < -0.39 is 0 Å². The number of thiazole rings is 1. The van der Waals surface area contributed by atoms with Gasteiger partial charge in [0.2, 0.25) is 11.7 Å². The molecule has 26 heavy (non-hydrogen) atoms. The number of benzene rings is 2. The second kappa shape index (κ2) is 6.64. The summed E-state index contributed by atoms with van der Waals surface area (Å²) < 4.78 is 1.04. The van der Waals surface area contributed by atoms with Crippen LogP contribution in [0.1, 0.15) is 11.1 Å². The van der Waals surface area contributed by atoms with Gasteiger partial charge >= 0.3 is 0 Å². The molecule has 1 N–H and O–H groups in total. The standard InChI is InChI=1S/C18H16N6OS/c1-11-6-8-13(9-7-11)17-21-23-24(22-17)10-15(25)19-18-20-16-12(2)4-3-5-14(16)26-18/h3-9H,10H2,1-2H3,(H,19,20,25). The third-order valence-electron chi connectivity index (χ3n) is 3.91. The summed E-state index contributed by atoms with van der Waals surface area (Å²) >= 11 is 1.44. The molecule has 1 amide bonds. The van der Waals surface area contributed by atoms with Gasteiger partial charge in [-0.05, 0) is 30.7 Å². The molecule has 0 saturated carbocycles. The van der Waals surface area contributed by atoms with Crippen LogP contribution >= 0.6 is 11.3 Å². The molecule has 0 fully saturated rings. The van der Waals surface area contributed by atoms with Crippen LogP contribution in [-0.4, -0.2) is 31.1 Å². The Morgan fingerprint density at radius 1 is 1.15 bits per heavy atom. The van der Waals surface area contributed by atoms with E-state index in [9.17, 15) is 4.79 Å². The Kier molecular flexibility index (Phi) is 4.18. The number of nitrogens with one attached hydrogen (secondary N) is 1. The van der Waals surface area contributed by atoms with E-state index in [4.69, 9.17) is 0 Å². The van der Waals surface area contributed by atoms with Crippen LogP contribution in [0.2, 0.25) is 0 Å². The lowest BCUT2D eigenvalue weighted by atomic mass is 10.1. The summed E-state index contributed by atoms with van der Waals surface area (Å²) in [5.41, 5.74) is 4.02. The van der Waals surface area contributed by atoms with E-state index in [2.05, 4.69) is 25.7 Å². The molecule has 0 radical (unpaired) electrons. The summed E-state index contributed by atoms with van der Waals surface area (Å²) in [5.74, 6) is 0.253. The molecule has 0 atom stereocenters. The number of tetrazole rings is 1. The largest absolute Gasteiger partial charge is 0.300 e. The Morgan fingerprint density at radius 3 is 2.73 bits per heavy atom. The van der Waals surface area contributed by atoms with Crippen molar-refractivity contribution in [3.05, 3.63) is 53.6 Å². The first-order chi connectivity index (χ1) is 12.6. The molecular weight excluding hydrogens is 348 g/mol. The Labute approximate surface area is 153 Å². The van der Waals surface area contributed by atoms with Crippen LogP contribution in [0.15, 0.2) is 42.5 Å². The lowest BCUT2D eigenvalue weighted by Gasteiger charge is -1.99. The van der Waals surface area contributed by atoms with Crippen LogP contribution in [0.3, 0.4) is 0 Å². The molecule has 0 aliphatic heterocycles. The molecule has 0 saturated heterocycles. The summed E-state index contributed by atoms with van der Waals surface area (Å²) in [4.78, 5) is 18.0. The quantitative estimate of drug-likeness (QED) is 0.601. The lowest BCUT2D eigenvalue weighted by Crippen LogP contribution is -2.20. The van der Waals surface area contributed by atoms with Gasteiger partial charge in [0, 0.05) is 5.56 Å². The zero-order valence-electron chi connectivity index (χ0n) is 14.3. The van der Waals surface area contributed by atoms with Gasteiger partial charge in [-0.2, -0.15) is 4.80 Å². The molecule has 0 unspecified atom stereocenters. The topological polar surface area (TPSA) is 85.6 Å². The SMILES string of the molecule is Cc1ccc(-c2nnn(CC(=O)Nc3nc4c(C)cccc4s3)n2)cc1. The van der Waals surface area contributed by atoms with Gasteiger partial charge in [0.15, 0.2) is 5.13 Å². The molecule has 0 aliphatic rings. The van der Waals surface area contributed by atoms with Gasteiger partial charge in [-0.15, -0.1) is 10.2 Å². The number of aromatic nitrogens is 5. The number of fused-ring (bicyclic) bond motifs is 1.